The fourth-order valence-corrected chi connectivity index (χ4v) is 11.9. The largest absolute Gasteiger partial charge is 0.384 e. The molecule has 9 N–H and O–H groups in total. The van der Waals surface area contributed by atoms with Crippen LogP contribution < -0.4 is 28.3 Å². The maximum Gasteiger partial charge on any atom is 0.165 e. The first kappa shape index (κ1) is 51.3. The van der Waals surface area contributed by atoms with Crippen molar-refractivity contribution in [3.63, 3.8) is 0 Å². The van der Waals surface area contributed by atoms with Crippen LogP contribution >= 0.6 is 0 Å². The number of hydrogen-bond acceptors (Lipinski definition) is 15. The molecular weight excluding hydrogens is 943 g/mol. The lowest BCUT2D eigenvalue weighted by molar-refractivity contribution is 0.160. The second-order valence-electron chi connectivity index (χ2n) is 20.9. The summed E-state index contributed by atoms with van der Waals surface area (Å²) in [7, 11) is 5.72. The summed E-state index contributed by atoms with van der Waals surface area (Å²) < 4.78 is 10.5. The van der Waals surface area contributed by atoms with Crippen molar-refractivity contribution < 1.29 is 0 Å². The summed E-state index contributed by atoms with van der Waals surface area (Å²) in [5.41, 5.74) is 36.5. The van der Waals surface area contributed by atoms with Gasteiger partial charge in [-0.15, -0.1) is 0 Å². The highest BCUT2D eigenvalue weighted by atomic mass is 15.3. The Hall–Kier alpha value is -7.23. The topological polar surface area (TPSA) is 263 Å². The molecule has 3 aliphatic rings. The molecule has 9 heterocycles. The Morgan fingerprint density at radius 3 is 1.29 bits per heavy atom. The van der Waals surface area contributed by atoms with E-state index in [0.717, 1.165) is 126 Å². The molecule has 0 aromatic carbocycles. The van der Waals surface area contributed by atoms with Crippen molar-refractivity contribution in [3.8, 4) is 33.4 Å². The van der Waals surface area contributed by atoms with Gasteiger partial charge < -0.3 is 33.2 Å². The van der Waals surface area contributed by atoms with Crippen molar-refractivity contribution >= 4 is 34.4 Å². The number of fused-ring (bicyclic) bond motifs is 3. The van der Waals surface area contributed by atoms with Crippen LogP contribution in [0.3, 0.4) is 0 Å². The molecule has 9 aromatic rings. The molecule has 12 rings (SSSR count). The van der Waals surface area contributed by atoms with Crippen LogP contribution in [0.2, 0.25) is 0 Å². The lowest BCUT2D eigenvalue weighted by Gasteiger charge is -2.36. The molecule has 9 aromatic heterocycles. The molecule has 0 bridgehead atoms. The molecule has 6 atom stereocenters. The van der Waals surface area contributed by atoms with E-state index in [9.17, 15) is 0 Å². The van der Waals surface area contributed by atoms with Crippen LogP contribution in [-0.4, -0.2) is 116 Å². The summed E-state index contributed by atoms with van der Waals surface area (Å²) >= 11 is 0. The molecule has 3 saturated carbocycles. The zero-order valence-corrected chi connectivity index (χ0v) is 44.5. The molecule has 0 spiro atoms. The van der Waals surface area contributed by atoms with Crippen LogP contribution in [0.15, 0.2) is 74.0 Å². The van der Waals surface area contributed by atoms with E-state index in [2.05, 4.69) is 61.6 Å². The third-order valence-electron chi connectivity index (χ3n) is 15.7. The molecule has 396 valence electrons. The van der Waals surface area contributed by atoms with Gasteiger partial charge in [-0.3, -0.25) is 14.0 Å². The zero-order valence-electron chi connectivity index (χ0n) is 44.5. The van der Waals surface area contributed by atoms with Gasteiger partial charge in [-0.1, -0.05) is 40.0 Å². The van der Waals surface area contributed by atoms with Crippen LogP contribution in [0.4, 0.5) is 17.5 Å². The van der Waals surface area contributed by atoms with Crippen LogP contribution in [0.1, 0.15) is 133 Å². The van der Waals surface area contributed by atoms with Crippen molar-refractivity contribution in [2.24, 2.45) is 26.9 Å². The van der Waals surface area contributed by atoms with Crippen LogP contribution in [-0.2, 0) is 21.1 Å². The molecular formula is C54H75N21. The van der Waals surface area contributed by atoms with Crippen molar-refractivity contribution in [2.75, 3.05) is 36.8 Å². The van der Waals surface area contributed by atoms with Crippen molar-refractivity contribution in [1.82, 2.24) is 83.4 Å². The van der Waals surface area contributed by atoms with Crippen molar-refractivity contribution in [3.05, 3.63) is 91.1 Å². The Morgan fingerprint density at radius 2 is 0.907 bits per heavy atom. The smallest absolute Gasteiger partial charge is 0.165 e. The van der Waals surface area contributed by atoms with Gasteiger partial charge in [0.15, 0.2) is 16.9 Å². The fraction of sp³-hybridized carbons (Fsp3) is 0.500. The van der Waals surface area contributed by atoms with Crippen molar-refractivity contribution in [1.29, 1.82) is 0 Å². The summed E-state index contributed by atoms with van der Waals surface area (Å²) in [5.74, 6) is 3.17. The molecule has 0 aliphatic heterocycles. The first-order valence-corrected chi connectivity index (χ1v) is 27.0. The minimum atomic E-state index is 0.260. The van der Waals surface area contributed by atoms with E-state index in [4.69, 9.17) is 37.9 Å². The summed E-state index contributed by atoms with van der Waals surface area (Å²) in [4.78, 5) is 17.4. The monoisotopic (exact) mass is 1020 g/mol. The normalized spacial score (nSPS) is 21.1. The van der Waals surface area contributed by atoms with E-state index in [1.807, 2.05) is 88.9 Å². The van der Waals surface area contributed by atoms with Gasteiger partial charge >= 0.3 is 0 Å². The minimum absolute atomic E-state index is 0.260. The van der Waals surface area contributed by atoms with E-state index in [-0.39, 0.29) is 6.04 Å². The second kappa shape index (κ2) is 22.3. The maximum absolute atomic E-state index is 6.34. The Balaban J connectivity index is 0.000000129. The Kier molecular flexibility index (Phi) is 15.3. The van der Waals surface area contributed by atoms with Gasteiger partial charge in [0.05, 0.1) is 37.2 Å². The predicted octanol–water partition coefficient (Wildman–Crippen LogP) is 7.12. The number of nitrogens with two attached hydrogens (primary N) is 4. The van der Waals surface area contributed by atoms with Crippen LogP contribution in [0, 0.1) is 0 Å². The van der Waals surface area contributed by atoms with Gasteiger partial charge in [0.1, 0.15) is 17.5 Å². The molecule has 21 heteroatoms. The molecule has 3 aliphatic carbocycles. The zero-order chi connectivity index (χ0) is 52.3. The highest BCUT2D eigenvalue weighted by Crippen LogP contribution is 2.38. The van der Waals surface area contributed by atoms with E-state index in [1.165, 1.54) is 38.5 Å². The molecule has 3 fully saturated rings. The average Bonchev–Trinajstić information content (AvgIpc) is 4.29. The van der Waals surface area contributed by atoms with E-state index in [0.29, 0.717) is 47.3 Å². The summed E-state index contributed by atoms with van der Waals surface area (Å²) in [6, 6.07) is 7.42. The first-order chi connectivity index (χ1) is 36.4. The van der Waals surface area contributed by atoms with E-state index >= 15 is 0 Å². The number of aromatic nitrogens is 15. The summed E-state index contributed by atoms with van der Waals surface area (Å²) in [6.45, 7) is 9.90. The van der Waals surface area contributed by atoms with Gasteiger partial charge in [0.25, 0.3) is 0 Å². The van der Waals surface area contributed by atoms with E-state index < -0.39 is 0 Å². The SMILES string of the molecule is CCN(CC)[C@@H]1CCC[C@H](c2cc(N)n3ncc(-c4cnn(C)c4)c3n2)C1.CCN[C@@H]1CCC[C@H](c2cc(N)n3ncc(-c4cnn(C)c4)c3n2)C1.Cn1cc(-c2cnn3c(N)cc([C@H]4CCC[C@@H](N)C4)nc23)cn1. The number of rotatable bonds is 11. The number of nitrogens with one attached hydrogen (secondary N) is 1. The number of hydrogen-bond donors (Lipinski definition) is 5. The second-order valence-corrected chi connectivity index (χ2v) is 20.9. The Bertz CT molecular complexity index is 3340. The molecule has 0 radical (unpaired) electrons. The molecule has 0 saturated heterocycles. The lowest BCUT2D eigenvalue weighted by atomic mass is 9.82. The summed E-state index contributed by atoms with van der Waals surface area (Å²) in [6.07, 6.45) is 30.8. The Labute approximate surface area is 438 Å². The number of aryl methyl sites for hydroxylation is 3. The quantitative estimate of drug-likeness (QED) is 0.0863. The molecule has 0 amide bonds. The third-order valence-corrected chi connectivity index (χ3v) is 15.7. The standard InChI is InChI=1S/C20H29N7.C18H25N7.C16H21N7/c1-4-26(5-2)16-8-6-7-14(9-16)18-10-19(21)27-20(24-18)17(12-23-27)15-11-22-25(3)13-15;1-3-20-14-6-4-5-12(7-14)16-8-17(19)25-18(23-16)15(10-22-25)13-9-21-24(2)11-13;1-22-9-11(7-19-22)13-8-20-23-15(18)6-14(21-16(13)23)10-3-2-4-12(17)5-10/h10-14,16H,4-9,21H2,1-3H3;8-12,14,20H,3-7,19H2,1-2H3;6-10,12H,2-5,17-18H2,1H3/t14-,16+;12-,14+;10-,12+/m000/s1. The van der Waals surface area contributed by atoms with Gasteiger partial charge in [-0.2, -0.15) is 44.1 Å². The van der Waals surface area contributed by atoms with Gasteiger partial charge in [0.2, 0.25) is 0 Å². The lowest BCUT2D eigenvalue weighted by Crippen LogP contribution is -2.38. The highest BCUT2D eigenvalue weighted by Gasteiger charge is 2.29. The average molecular weight is 1020 g/mol. The summed E-state index contributed by atoms with van der Waals surface area (Å²) in [5, 5.41) is 29.6. The van der Waals surface area contributed by atoms with Crippen LogP contribution in [0.25, 0.3) is 50.3 Å². The molecule has 75 heavy (non-hydrogen) atoms. The molecule has 21 nitrogen and oxygen atoms in total. The molecule has 0 unspecified atom stereocenters. The number of anilines is 3. The third kappa shape index (κ3) is 11.0. The van der Waals surface area contributed by atoms with Crippen molar-refractivity contribution in [2.45, 2.75) is 134 Å². The maximum atomic E-state index is 6.34. The predicted molar refractivity (Wildman–Crippen MR) is 295 cm³/mol. The van der Waals surface area contributed by atoms with Gasteiger partial charge in [-0.25, -0.2) is 15.0 Å². The fourth-order valence-electron chi connectivity index (χ4n) is 11.9. The number of nitrogens with zero attached hydrogens (tertiary/aromatic N) is 16. The highest BCUT2D eigenvalue weighted by molar-refractivity contribution is 5.79. The van der Waals surface area contributed by atoms with E-state index in [1.54, 1.807) is 33.8 Å². The van der Waals surface area contributed by atoms with Gasteiger partial charge in [-0.05, 0) is 77.4 Å². The Morgan fingerprint density at radius 1 is 0.507 bits per heavy atom. The first-order valence-electron chi connectivity index (χ1n) is 27.0. The van der Waals surface area contributed by atoms with Gasteiger partial charge in [0, 0.05) is 144 Å². The minimum Gasteiger partial charge on any atom is -0.384 e. The van der Waals surface area contributed by atoms with Crippen LogP contribution in [0.5, 0.6) is 0 Å². The number of nitrogen functional groups attached to an aromatic ring is 3.